The summed E-state index contributed by atoms with van der Waals surface area (Å²) in [5.74, 6) is -0.778. The average Bonchev–Trinajstić information content (AvgIpc) is 2.86. The van der Waals surface area contributed by atoms with Crippen molar-refractivity contribution in [2.75, 3.05) is 6.79 Å². The monoisotopic (exact) mass is 392 g/mol. The predicted molar refractivity (Wildman–Crippen MR) is 95.9 cm³/mol. The van der Waals surface area contributed by atoms with E-state index in [1.54, 1.807) is 12.1 Å². The first kappa shape index (κ1) is 18.3. The first-order valence-electron chi connectivity index (χ1n) is 9.18. The van der Waals surface area contributed by atoms with E-state index in [1.165, 1.54) is 0 Å². The van der Waals surface area contributed by atoms with Crippen molar-refractivity contribution in [3.8, 4) is 5.75 Å². The molecule has 0 aromatic heterocycles. The second-order valence-corrected chi connectivity index (χ2v) is 7.78. The summed E-state index contributed by atoms with van der Waals surface area (Å²) in [5, 5.41) is 0.459. The number of fused-ring (bicyclic) bond motifs is 1. The zero-order valence-corrected chi connectivity index (χ0v) is 15.8. The minimum Gasteiger partial charge on any atom is -0.467 e. The molecule has 7 nitrogen and oxygen atoms in total. The number of imide groups is 2. The molecule has 1 aromatic rings. The first-order chi connectivity index (χ1) is 13.0. The van der Waals surface area contributed by atoms with E-state index in [-0.39, 0.29) is 25.3 Å². The number of carbonyl (C=O) groups excluding carboxylic acids is 3. The molecule has 1 saturated heterocycles. The first-order valence-corrected chi connectivity index (χ1v) is 9.56. The maximum atomic E-state index is 12.9. The van der Waals surface area contributed by atoms with Gasteiger partial charge in [0.25, 0.3) is 0 Å². The van der Waals surface area contributed by atoms with Crippen LogP contribution in [0.1, 0.15) is 43.7 Å². The molecule has 0 bridgehead atoms. The molecule has 2 fully saturated rings. The van der Waals surface area contributed by atoms with Crippen LogP contribution in [0.15, 0.2) is 12.1 Å². The summed E-state index contributed by atoms with van der Waals surface area (Å²) >= 11 is 6.16. The zero-order chi connectivity index (χ0) is 19.1. The van der Waals surface area contributed by atoms with Gasteiger partial charge in [-0.2, -0.15) is 0 Å². The maximum Gasteiger partial charge on any atom is 0.334 e. The Morgan fingerprint density at radius 2 is 1.93 bits per heavy atom. The van der Waals surface area contributed by atoms with E-state index in [0.29, 0.717) is 22.9 Å². The second-order valence-electron chi connectivity index (χ2n) is 7.34. The van der Waals surface area contributed by atoms with E-state index in [1.807, 2.05) is 6.92 Å². The van der Waals surface area contributed by atoms with Crippen molar-refractivity contribution in [2.24, 2.45) is 5.92 Å². The largest absolute Gasteiger partial charge is 0.467 e. The quantitative estimate of drug-likeness (QED) is 0.583. The third-order valence-electron chi connectivity index (χ3n) is 5.56. The van der Waals surface area contributed by atoms with Gasteiger partial charge in [0, 0.05) is 22.2 Å². The van der Waals surface area contributed by atoms with Gasteiger partial charge < -0.3 is 9.47 Å². The highest BCUT2D eigenvalue weighted by molar-refractivity contribution is 6.44. The van der Waals surface area contributed by atoms with E-state index in [0.717, 1.165) is 41.0 Å². The minimum atomic E-state index is -0.793. The van der Waals surface area contributed by atoms with Gasteiger partial charge in [0.2, 0.25) is 0 Å². The van der Waals surface area contributed by atoms with Crippen molar-refractivity contribution in [3.63, 3.8) is 0 Å². The summed E-state index contributed by atoms with van der Waals surface area (Å²) in [7, 11) is 0. The second kappa shape index (κ2) is 7.13. The van der Waals surface area contributed by atoms with Crippen LogP contribution < -0.4 is 4.74 Å². The molecule has 0 spiro atoms. The topological polar surface area (TPSA) is 76.2 Å². The van der Waals surface area contributed by atoms with Crippen LogP contribution in [0, 0.1) is 5.92 Å². The number of amides is 4. The van der Waals surface area contributed by atoms with E-state index in [2.05, 4.69) is 0 Å². The third-order valence-corrected chi connectivity index (χ3v) is 5.78. The van der Waals surface area contributed by atoms with Crippen molar-refractivity contribution in [1.82, 2.24) is 9.80 Å². The van der Waals surface area contributed by atoms with Gasteiger partial charge in [-0.25, -0.2) is 4.79 Å². The number of hydrogen-bond donors (Lipinski definition) is 0. The number of benzene rings is 1. The van der Waals surface area contributed by atoms with Crippen LogP contribution in [0.25, 0.3) is 0 Å². The average molecular weight is 393 g/mol. The molecule has 144 valence electrons. The van der Waals surface area contributed by atoms with Gasteiger partial charge in [0.15, 0.2) is 6.79 Å². The third kappa shape index (κ3) is 3.19. The number of carbonyl (C=O) groups is 3. The van der Waals surface area contributed by atoms with Gasteiger partial charge in [-0.15, -0.1) is 0 Å². The summed E-state index contributed by atoms with van der Waals surface area (Å²) in [6.45, 7) is 2.41. The lowest BCUT2D eigenvalue weighted by Gasteiger charge is -2.34. The van der Waals surface area contributed by atoms with E-state index >= 15 is 0 Å². The fraction of sp³-hybridized carbons (Fsp3) is 0.526. The normalized spacial score (nSPS) is 25.6. The molecule has 2 atom stereocenters. The molecule has 0 N–H and O–H groups in total. The van der Waals surface area contributed by atoms with Crippen LogP contribution >= 0.6 is 11.6 Å². The fourth-order valence-electron chi connectivity index (χ4n) is 4.18. The Kier molecular flexibility index (Phi) is 4.82. The standard InChI is InChI=1S/C19H21ClN2O5/c1-11-4-2-3-5-15(11)22-18(24)17(23)21(19(22)25)8-12-6-14(20)7-13-9-26-10-27-16(12)13/h6-7,11,15H,2-5,8-10H2,1H3/t11-,15-/m0/s1. The Morgan fingerprint density at radius 1 is 1.15 bits per heavy atom. The van der Waals surface area contributed by atoms with Crippen molar-refractivity contribution < 1.29 is 23.9 Å². The highest BCUT2D eigenvalue weighted by Crippen LogP contribution is 2.35. The molecule has 2 heterocycles. The van der Waals surface area contributed by atoms with Crippen LogP contribution in [-0.4, -0.2) is 40.5 Å². The molecule has 8 heteroatoms. The molecule has 0 unspecified atom stereocenters. The number of rotatable bonds is 3. The summed E-state index contributed by atoms with van der Waals surface area (Å²) < 4.78 is 10.8. The van der Waals surface area contributed by atoms with Gasteiger partial charge >= 0.3 is 17.8 Å². The molecule has 0 radical (unpaired) electrons. The Hall–Kier alpha value is -2.12. The molecule has 1 aliphatic carbocycles. The number of nitrogens with zero attached hydrogens (tertiary/aromatic N) is 2. The number of halogens is 1. The van der Waals surface area contributed by atoms with Gasteiger partial charge in [0.05, 0.1) is 13.2 Å². The van der Waals surface area contributed by atoms with E-state index < -0.39 is 17.8 Å². The Balaban J connectivity index is 1.62. The molecular formula is C19H21ClN2O5. The zero-order valence-electron chi connectivity index (χ0n) is 15.1. The van der Waals surface area contributed by atoms with E-state index in [4.69, 9.17) is 21.1 Å². The molecular weight excluding hydrogens is 372 g/mol. The molecule has 27 heavy (non-hydrogen) atoms. The van der Waals surface area contributed by atoms with E-state index in [9.17, 15) is 14.4 Å². The van der Waals surface area contributed by atoms with Gasteiger partial charge in [-0.1, -0.05) is 31.4 Å². The fourth-order valence-corrected chi connectivity index (χ4v) is 4.44. The molecule has 4 rings (SSSR count). The highest BCUT2D eigenvalue weighted by atomic mass is 35.5. The van der Waals surface area contributed by atoms with Crippen molar-refractivity contribution in [2.45, 2.75) is 51.8 Å². The molecule has 1 aromatic carbocycles. The molecule has 2 aliphatic heterocycles. The predicted octanol–water partition coefficient (Wildman–Crippen LogP) is 3.08. The summed E-state index contributed by atoms with van der Waals surface area (Å²) in [6.07, 6.45) is 3.73. The highest BCUT2D eigenvalue weighted by Gasteiger charge is 2.49. The number of ether oxygens (including phenoxy) is 2. The van der Waals surface area contributed by atoms with Gasteiger partial charge in [-0.05, 0) is 30.9 Å². The van der Waals surface area contributed by atoms with Crippen molar-refractivity contribution >= 4 is 29.4 Å². The van der Waals surface area contributed by atoms with Crippen LogP contribution in [0.3, 0.4) is 0 Å². The lowest BCUT2D eigenvalue weighted by atomic mass is 9.85. The van der Waals surface area contributed by atoms with Crippen molar-refractivity contribution in [1.29, 1.82) is 0 Å². The van der Waals surface area contributed by atoms with Gasteiger partial charge in [0.1, 0.15) is 5.75 Å². The summed E-state index contributed by atoms with van der Waals surface area (Å²) in [6, 6.07) is 2.62. The van der Waals surface area contributed by atoms with Gasteiger partial charge in [-0.3, -0.25) is 19.4 Å². The molecule has 3 aliphatic rings. The van der Waals surface area contributed by atoms with Crippen LogP contribution in [0.5, 0.6) is 5.75 Å². The SMILES string of the molecule is C[C@H]1CCCC[C@@H]1N1C(=O)C(=O)N(Cc2cc(Cl)cc3c2OCOC3)C1=O. The summed E-state index contributed by atoms with van der Waals surface area (Å²) in [5.41, 5.74) is 1.35. The van der Waals surface area contributed by atoms with Crippen molar-refractivity contribution in [3.05, 3.63) is 28.3 Å². The summed E-state index contributed by atoms with van der Waals surface area (Å²) in [4.78, 5) is 40.2. The lowest BCUT2D eigenvalue weighted by Crippen LogP contribution is -2.46. The Bertz CT molecular complexity index is 812. The lowest BCUT2D eigenvalue weighted by molar-refractivity contribution is -0.144. The molecule has 1 saturated carbocycles. The maximum absolute atomic E-state index is 12.9. The number of urea groups is 1. The Labute approximate surface area is 162 Å². The van der Waals surface area contributed by atoms with Crippen LogP contribution in [0.2, 0.25) is 5.02 Å². The smallest absolute Gasteiger partial charge is 0.334 e. The molecule has 4 amide bonds. The minimum absolute atomic E-state index is 0.0517. The number of hydrogen-bond acceptors (Lipinski definition) is 5. The Morgan fingerprint density at radius 3 is 2.70 bits per heavy atom. The van der Waals surface area contributed by atoms with Crippen LogP contribution in [0.4, 0.5) is 4.79 Å². The van der Waals surface area contributed by atoms with Crippen LogP contribution in [-0.2, 0) is 27.5 Å².